The number of amides is 1. The van der Waals surface area contributed by atoms with Crippen LogP contribution in [0.3, 0.4) is 0 Å². The predicted molar refractivity (Wildman–Crippen MR) is 97.6 cm³/mol. The van der Waals surface area contributed by atoms with Crippen LogP contribution in [0.4, 0.5) is 10.2 Å². The lowest BCUT2D eigenvalue weighted by Gasteiger charge is -2.26. The van der Waals surface area contributed by atoms with Gasteiger partial charge in [0.05, 0.1) is 13.2 Å². The number of morpholine rings is 1. The minimum Gasteiger partial charge on any atom is -0.379 e. The molecule has 2 aromatic rings. The number of ether oxygens (including phenoxy) is 1. The summed E-state index contributed by atoms with van der Waals surface area (Å²) in [6.45, 7) is 5.46. The largest absolute Gasteiger partial charge is 0.379 e. The molecule has 0 saturated carbocycles. The maximum Gasteiger partial charge on any atom is 0.251 e. The van der Waals surface area contributed by atoms with Crippen LogP contribution in [-0.4, -0.2) is 55.2 Å². The molecule has 138 valence electrons. The highest BCUT2D eigenvalue weighted by Gasteiger charge is 2.10. The van der Waals surface area contributed by atoms with E-state index in [2.05, 4.69) is 20.5 Å². The Hall–Kier alpha value is -2.51. The van der Waals surface area contributed by atoms with E-state index in [0.717, 1.165) is 45.0 Å². The van der Waals surface area contributed by atoms with Crippen molar-refractivity contribution in [1.29, 1.82) is 0 Å². The van der Waals surface area contributed by atoms with Gasteiger partial charge < -0.3 is 15.4 Å². The van der Waals surface area contributed by atoms with Gasteiger partial charge in [-0.25, -0.2) is 9.37 Å². The van der Waals surface area contributed by atoms with Crippen LogP contribution in [0.1, 0.15) is 15.9 Å². The molecule has 1 amide bonds. The van der Waals surface area contributed by atoms with Crippen molar-refractivity contribution in [2.24, 2.45) is 0 Å². The van der Waals surface area contributed by atoms with Crippen LogP contribution in [0.15, 0.2) is 42.6 Å². The molecule has 26 heavy (non-hydrogen) atoms. The fourth-order valence-electron chi connectivity index (χ4n) is 2.72. The zero-order valence-electron chi connectivity index (χ0n) is 14.6. The maximum absolute atomic E-state index is 12.9. The summed E-state index contributed by atoms with van der Waals surface area (Å²) in [5, 5.41) is 6.08. The molecule has 0 radical (unpaired) electrons. The second-order valence-corrected chi connectivity index (χ2v) is 6.12. The number of benzene rings is 1. The van der Waals surface area contributed by atoms with E-state index in [-0.39, 0.29) is 11.7 Å². The molecule has 7 heteroatoms. The van der Waals surface area contributed by atoms with E-state index in [1.165, 1.54) is 12.1 Å². The van der Waals surface area contributed by atoms with Gasteiger partial charge in [-0.05, 0) is 29.8 Å². The van der Waals surface area contributed by atoms with E-state index >= 15 is 0 Å². The number of anilines is 1. The minimum atomic E-state index is -0.290. The van der Waals surface area contributed by atoms with Gasteiger partial charge in [-0.1, -0.05) is 12.1 Å². The molecule has 0 atom stereocenters. The number of rotatable bonds is 7. The first kappa shape index (κ1) is 18.3. The first-order valence-electron chi connectivity index (χ1n) is 8.73. The normalized spacial score (nSPS) is 14.8. The van der Waals surface area contributed by atoms with Crippen molar-refractivity contribution in [2.75, 3.05) is 44.7 Å². The molecule has 0 spiro atoms. The summed E-state index contributed by atoms with van der Waals surface area (Å²) in [6.07, 6.45) is 1.61. The van der Waals surface area contributed by atoms with Crippen LogP contribution >= 0.6 is 0 Å². The van der Waals surface area contributed by atoms with Crippen LogP contribution in [-0.2, 0) is 11.3 Å². The summed E-state index contributed by atoms with van der Waals surface area (Å²) in [5.74, 6) is 0.197. The Bertz CT molecular complexity index is 718. The number of aromatic nitrogens is 1. The minimum absolute atomic E-state index is 0.187. The molecule has 6 nitrogen and oxygen atoms in total. The highest BCUT2D eigenvalue weighted by molar-refractivity contribution is 5.94. The van der Waals surface area contributed by atoms with E-state index in [4.69, 9.17) is 4.74 Å². The monoisotopic (exact) mass is 358 g/mol. The Morgan fingerprint density at radius 3 is 2.73 bits per heavy atom. The van der Waals surface area contributed by atoms with Gasteiger partial charge in [0.15, 0.2) is 0 Å². The van der Waals surface area contributed by atoms with Crippen LogP contribution in [0.5, 0.6) is 0 Å². The zero-order valence-corrected chi connectivity index (χ0v) is 14.6. The third kappa shape index (κ3) is 5.50. The number of carbonyl (C=O) groups excluding carboxylic acids is 1. The van der Waals surface area contributed by atoms with Gasteiger partial charge in [0.25, 0.3) is 5.91 Å². The summed E-state index contributed by atoms with van der Waals surface area (Å²) < 4.78 is 18.2. The molecule has 1 saturated heterocycles. The molecule has 2 heterocycles. The number of pyridine rings is 1. The SMILES string of the molecule is O=C(NCc1ccc(F)cc1)c1ccnc(NCCN2CCOCC2)c1. The quantitative estimate of drug-likeness (QED) is 0.791. The van der Waals surface area contributed by atoms with Gasteiger partial charge in [-0.2, -0.15) is 0 Å². The van der Waals surface area contributed by atoms with Crippen molar-refractivity contribution in [1.82, 2.24) is 15.2 Å². The zero-order chi connectivity index (χ0) is 18.2. The smallest absolute Gasteiger partial charge is 0.251 e. The molecule has 1 aliphatic heterocycles. The van der Waals surface area contributed by atoms with Gasteiger partial charge in [0.1, 0.15) is 11.6 Å². The van der Waals surface area contributed by atoms with Crippen LogP contribution < -0.4 is 10.6 Å². The van der Waals surface area contributed by atoms with Crippen LogP contribution in [0.25, 0.3) is 0 Å². The fourth-order valence-corrected chi connectivity index (χ4v) is 2.72. The summed E-state index contributed by atoms with van der Waals surface area (Å²) in [4.78, 5) is 18.9. The lowest BCUT2D eigenvalue weighted by atomic mass is 10.2. The average Bonchev–Trinajstić information content (AvgIpc) is 2.68. The topological polar surface area (TPSA) is 66.5 Å². The molecule has 0 aliphatic carbocycles. The molecule has 1 aliphatic rings. The highest BCUT2D eigenvalue weighted by Crippen LogP contribution is 2.08. The summed E-state index contributed by atoms with van der Waals surface area (Å²) in [7, 11) is 0. The molecular weight excluding hydrogens is 335 g/mol. The van der Waals surface area contributed by atoms with E-state index < -0.39 is 0 Å². The second-order valence-electron chi connectivity index (χ2n) is 6.12. The number of nitrogens with zero attached hydrogens (tertiary/aromatic N) is 2. The Balaban J connectivity index is 1.47. The van der Waals surface area contributed by atoms with Crippen molar-refractivity contribution >= 4 is 11.7 Å². The van der Waals surface area contributed by atoms with Gasteiger partial charge in [-0.3, -0.25) is 9.69 Å². The molecular formula is C19H23FN4O2. The van der Waals surface area contributed by atoms with Gasteiger partial charge >= 0.3 is 0 Å². The molecule has 3 rings (SSSR count). The van der Waals surface area contributed by atoms with Crippen molar-refractivity contribution in [3.8, 4) is 0 Å². The van der Waals surface area contributed by atoms with E-state index in [0.29, 0.717) is 17.9 Å². The number of carbonyl (C=O) groups is 1. The van der Waals surface area contributed by atoms with Gasteiger partial charge in [0, 0.05) is 44.5 Å². The third-order valence-corrected chi connectivity index (χ3v) is 4.23. The Labute approximate surface area is 152 Å². The maximum atomic E-state index is 12.9. The fraction of sp³-hybridized carbons (Fsp3) is 0.368. The molecule has 1 aromatic heterocycles. The first-order chi connectivity index (χ1) is 12.7. The molecule has 0 bridgehead atoms. The summed E-state index contributed by atoms with van der Waals surface area (Å²) in [6, 6.07) is 9.48. The van der Waals surface area contributed by atoms with Crippen molar-refractivity contribution < 1.29 is 13.9 Å². The molecule has 1 fully saturated rings. The van der Waals surface area contributed by atoms with E-state index in [1.54, 1.807) is 30.5 Å². The average molecular weight is 358 g/mol. The van der Waals surface area contributed by atoms with Crippen molar-refractivity contribution in [3.05, 3.63) is 59.5 Å². The highest BCUT2D eigenvalue weighted by atomic mass is 19.1. The van der Waals surface area contributed by atoms with Gasteiger partial charge in [0.2, 0.25) is 0 Å². The second kappa shape index (κ2) is 9.26. The van der Waals surface area contributed by atoms with Gasteiger partial charge in [-0.15, -0.1) is 0 Å². The number of halogens is 1. The lowest BCUT2D eigenvalue weighted by molar-refractivity contribution is 0.0398. The molecule has 2 N–H and O–H groups in total. The van der Waals surface area contributed by atoms with E-state index in [1.807, 2.05) is 0 Å². The Kier molecular flexibility index (Phi) is 6.51. The number of hydrogen-bond donors (Lipinski definition) is 2. The standard InChI is InChI=1S/C19H23FN4O2/c20-17-3-1-15(2-4-17)14-23-19(25)16-5-6-21-18(13-16)22-7-8-24-9-11-26-12-10-24/h1-6,13H,7-12,14H2,(H,21,22)(H,23,25). The van der Waals surface area contributed by atoms with Crippen molar-refractivity contribution in [2.45, 2.75) is 6.54 Å². The predicted octanol–water partition coefficient (Wildman–Crippen LogP) is 1.89. The number of hydrogen-bond acceptors (Lipinski definition) is 5. The third-order valence-electron chi connectivity index (χ3n) is 4.23. The lowest BCUT2D eigenvalue weighted by Crippen LogP contribution is -2.39. The Morgan fingerprint density at radius 2 is 1.96 bits per heavy atom. The first-order valence-corrected chi connectivity index (χ1v) is 8.73. The Morgan fingerprint density at radius 1 is 1.19 bits per heavy atom. The number of nitrogens with one attached hydrogen (secondary N) is 2. The van der Waals surface area contributed by atoms with E-state index in [9.17, 15) is 9.18 Å². The van der Waals surface area contributed by atoms with Crippen LogP contribution in [0, 0.1) is 5.82 Å². The molecule has 1 aromatic carbocycles. The van der Waals surface area contributed by atoms with Crippen molar-refractivity contribution in [3.63, 3.8) is 0 Å². The van der Waals surface area contributed by atoms with Crippen LogP contribution in [0.2, 0.25) is 0 Å². The summed E-state index contributed by atoms with van der Waals surface area (Å²) in [5.41, 5.74) is 1.38. The summed E-state index contributed by atoms with van der Waals surface area (Å²) >= 11 is 0. The molecule has 0 unspecified atom stereocenters.